The van der Waals surface area contributed by atoms with Gasteiger partial charge >= 0.3 is 6.03 Å². The van der Waals surface area contributed by atoms with Crippen molar-refractivity contribution in [1.82, 2.24) is 9.78 Å². The lowest BCUT2D eigenvalue weighted by Crippen LogP contribution is -2.41. The number of rotatable bonds is 3. The first kappa shape index (κ1) is 16.4. The average molecular weight is 338 g/mol. The number of hydrogen-bond donors (Lipinski definition) is 1. The van der Waals surface area contributed by atoms with Crippen molar-refractivity contribution >= 4 is 34.9 Å². The number of urea groups is 1. The third-order valence-corrected chi connectivity index (χ3v) is 3.28. The van der Waals surface area contributed by atoms with Crippen molar-refractivity contribution in [2.75, 3.05) is 4.90 Å². The van der Waals surface area contributed by atoms with E-state index in [1.54, 1.807) is 14.0 Å². The Hall–Kier alpha value is -2.94. The Morgan fingerprint density at radius 2 is 2.09 bits per heavy atom. The number of nitro groups is 1. The molecule has 2 N–H and O–H groups in total. The second-order valence-corrected chi connectivity index (χ2v) is 5.11. The molecule has 0 saturated carbocycles. The number of halogens is 1. The van der Waals surface area contributed by atoms with E-state index < -0.39 is 22.5 Å². The maximum absolute atomic E-state index is 12.6. The highest BCUT2D eigenvalue weighted by atomic mass is 35.5. The molecule has 9 nitrogen and oxygen atoms in total. The topological polar surface area (TPSA) is 124 Å². The second kappa shape index (κ2) is 6.05. The van der Waals surface area contributed by atoms with E-state index in [0.29, 0.717) is 10.6 Å². The van der Waals surface area contributed by atoms with E-state index >= 15 is 0 Å². The normalized spacial score (nSPS) is 10.4. The minimum atomic E-state index is -1.15. The molecule has 0 radical (unpaired) electrons. The third kappa shape index (κ3) is 3.14. The van der Waals surface area contributed by atoms with Crippen LogP contribution >= 0.6 is 11.6 Å². The lowest BCUT2D eigenvalue weighted by molar-refractivity contribution is -0.384. The summed E-state index contributed by atoms with van der Waals surface area (Å²) in [7, 11) is 1.60. The Labute approximate surface area is 135 Å². The van der Waals surface area contributed by atoms with Gasteiger partial charge in [-0.2, -0.15) is 5.10 Å². The van der Waals surface area contributed by atoms with Gasteiger partial charge in [-0.15, -0.1) is 0 Å². The molecule has 0 aliphatic carbocycles. The zero-order chi connectivity index (χ0) is 17.3. The Morgan fingerprint density at radius 1 is 1.43 bits per heavy atom. The molecule has 3 amide bonds. The number of nitrogens with two attached hydrogens (primary N) is 1. The van der Waals surface area contributed by atoms with Crippen LogP contribution in [0.1, 0.15) is 16.1 Å². The molecule has 0 spiro atoms. The van der Waals surface area contributed by atoms with Crippen molar-refractivity contribution in [3.8, 4) is 0 Å². The highest BCUT2D eigenvalue weighted by molar-refractivity contribution is 6.31. The summed E-state index contributed by atoms with van der Waals surface area (Å²) in [4.78, 5) is 35.3. The van der Waals surface area contributed by atoms with Gasteiger partial charge in [0.25, 0.3) is 11.6 Å². The minimum absolute atomic E-state index is 0.0925. The molecule has 10 heteroatoms. The molecule has 0 aliphatic rings. The van der Waals surface area contributed by atoms with E-state index in [0.717, 1.165) is 6.07 Å². The number of aromatic nitrogens is 2. The van der Waals surface area contributed by atoms with E-state index in [1.165, 1.54) is 23.0 Å². The van der Waals surface area contributed by atoms with Gasteiger partial charge in [-0.3, -0.25) is 19.6 Å². The molecule has 0 fully saturated rings. The molecule has 1 aromatic heterocycles. The van der Waals surface area contributed by atoms with Crippen molar-refractivity contribution < 1.29 is 14.5 Å². The van der Waals surface area contributed by atoms with Crippen molar-refractivity contribution in [3.63, 3.8) is 0 Å². The maximum Gasteiger partial charge on any atom is 0.326 e. The van der Waals surface area contributed by atoms with Gasteiger partial charge in [0.15, 0.2) is 0 Å². The SMILES string of the molecule is Cc1nn(C)cc1C(=O)N(C(N)=O)c1ccc(Cl)cc1[N+](=O)[O-]. The van der Waals surface area contributed by atoms with Gasteiger partial charge in [0.1, 0.15) is 5.69 Å². The summed E-state index contributed by atoms with van der Waals surface area (Å²) in [5.74, 6) is -0.812. The maximum atomic E-state index is 12.6. The van der Waals surface area contributed by atoms with Crippen LogP contribution in [0.15, 0.2) is 24.4 Å². The molecule has 1 heterocycles. The van der Waals surface area contributed by atoms with E-state index in [-0.39, 0.29) is 16.3 Å². The summed E-state index contributed by atoms with van der Waals surface area (Å²) >= 11 is 5.73. The molecule has 0 saturated heterocycles. The van der Waals surface area contributed by atoms with Crippen LogP contribution in [0.2, 0.25) is 5.02 Å². The molecule has 2 rings (SSSR count). The zero-order valence-corrected chi connectivity index (χ0v) is 12.9. The van der Waals surface area contributed by atoms with Gasteiger partial charge in [-0.1, -0.05) is 11.6 Å². The van der Waals surface area contributed by atoms with E-state index in [4.69, 9.17) is 17.3 Å². The molecular formula is C13H12ClN5O4. The number of carbonyl (C=O) groups is 2. The largest absolute Gasteiger partial charge is 0.351 e. The third-order valence-electron chi connectivity index (χ3n) is 3.04. The van der Waals surface area contributed by atoms with Crippen LogP contribution < -0.4 is 10.6 Å². The highest BCUT2D eigenvalue weighted by Gasteiger charge is 2.31. The summed E-state index contributed by atoms with van der Waals surface area (Å²) in [6.45, 7) is 1.57. The van der Waals surface area contributed by atoms with Gasteiger partial charge in [0.05, 0.1) is 16.2 Å². The smallest absolute Gasteiger partial charge is 0.326 e. The van der Waals surface area contributed by atoms with Crippen molar-refractivity contribution in [1.29, 1.82) is 0 Å². The van der Waals surface area contributed by atoms with Crippen LogP contribution in [0, 0.1) is 17.0 Å². The number of imide groups is 1. The lowest BCUT2D eigenvalue weighted by Gasteiger charge is -2.18. The summed E-state index contributed by atoms with van der Waals surface area (Å²) in [6, 6.07) is 2.40. The molecule has 23 heavy (non-hydrogen) atoms. The number of benzene rings is 1. The molecule has 0 atom stereocenters. The van der Waals surface area contributed by atoms with Crippen LogP contribution in [0.5, 0.6) is 0 Å². The number of carbonyl (C=O) groups excluding carboxylic acids is 2. The summed E-state index contributed by atoms with van der Waals surface area (Å²) < 4.78 is 1.39. The van der Waals surface area contributed by atoms with Crippen LogP contribution in [0.25, 0.3) is 0 Å². The fourth-order valence-corrected chi connectivity index (χ4v) is 2.26. The van der Waals surface area contributed by atoms with Crippen molar-refractivity contribution in [2.24, 2.45) is 12.8 Å². The highest BCUT2D eigenvalue weighted by Crippen LogP contribution is 2.32. The van der Waals surface area contributed by atoms with Gasteiger partial charge in [-0.05, 0) is 19.1 Å². The first-order valence-electron chi connectivity index (χ1n) is 6.30. The average Bonchev–Trinajstić information content (AvgIpc) is 2.78. The van der Waals surface area contributed by atoms with E-state index in [1.807, 2.05) is 0 Å². The van der Waals surface area contributed by atoms with Gasteiger partial charge in [0.2, 0.25) is 0 Å². The van der Waals surface area contributed by atoms with Crippen molar-refractivity contribution in [3.05, 3.63) is 50.8 Å². The summed E-state index contributed by atoms with van der Waals surface area (Å²) in [5.41, 5.74) is 4.95. The van der Waals surface area contributed by atoms with Gasteiger partial charge < -0.3 is 5.73 Å². The monoisotopic (exact) mass is 337 g/mol. The predicted octanol–water partition coefficient (Wildman–Crippen LogP) is 2.02. The first-order valence-corrected chi connectivity index (χ1v) is 6.68. The fourth-order valence-electron chi connectivity index (χ4n) is 2.09. The number of primary amides is 1. The Balaban J connectivity index is 2.60. The van der Waals surface area contributed by atoms with Crippen molar-refractivity contribution in [2.45, 2.75) is 6.92 Å². The Kier molecular flexibility index (Phi) is 4.32. The van der Waals surface area contributed by atoms with Crippen LogP contribution in [-0.4, -0.2) is 26.6 Å². The molecular weight excluding hydrogens is 326 g/mol. The molecule has 0 aliphatic heterocycles. The molecule has 0 unspecified atom stereocenters. The minimum Gasteiger partial charge on any atom is -0.351 e. The molecule has 0 bridgehead atoms. The van der Waals surface area contributed by atoms with E-state index in [9.17, 15) is 19.7 Å². The molecule has 2 aromatic rings. The lowest BCUT2D eigenvalue weighted by atomic mass is 10.2. The Morgan fingerprint density at radius 3 is 2.57 bits per heavy atom. The zero-order valence-electron chi connectivity index (χ0n) is 12.2. The number of nitrogens with zero attached hydrogens (tertiary/aromatic N) is 4. The van der Waals surface area contributed by atoms with Crippen LogP contribution in [0.4, 0.5) is 16.2 Å². The first-order chi connectivity index (χ1) is 10.7. The van der Waals surface area contributed by atoms with Crippen LogP contribution in [0.3, 0.4) is 0 Å². The number of anilines is 1. The second-order valence-electron chi connectivity index (χ2n) is 4.67. The predicted molar refractivity (Wildman–Crippen MR) is 82.4 cm³/mol. The number of amides is 3. The van der Waals surface area contributed by atoms with Crippen LogP contribution in [-0.2, 0) is 7.05 Å². The Bertz CT molecular complexity index is 817. The van der Waals surface area contributed by atoms with Gasteiger partial charge in [0, 0.05) is 24.3 Å². The quantitative estimate of drug-likeness (QED) is 0.677. The molecule has 1 aromatic carbocycles. The fraction of sp³-hybridized carbons (Fsp3) is 0.154. The molecule has 120 valence electrons. The standard InChI is InChI=1S/C13H12ClN5O4/c1-7-9(6-17(2)16-7)12(20)18(13(15)21)10-4-3-8(14)5-11(10)19(22)23/h3-6H,1-2H3,(H2,15,21). The number of nitro benzene ring substituents is 1. The number of hydrogen-bond acceptors (Lipinski definition) is 5. The van der Waals surface area contributed by atoms with E-state index in [2.05, 4.69) is 5.10 Å². The number of aryl methyl sites for hydroxylation is 2. The van der Waals surface area contributed by atoms with Gasteiger partial charge in [-0.25, -0.2) is 9.69 Å². The summed E-state index contributed by atoms with van der Waals surface area (Å²) in [6.07, 6.45) is 1.40. The summed E-state index contributed by atoms with van der Waals surface area (Å²) in [5, 5.41) is 15.3.